The zero-order valence-corrected chi connectivity index (χ0v) is 19.0. The largest absolute Gasteiger partial charge is 0.345 e. The first-order valence-electron chi connectivity index (χ1n) is 10.5. The Morgan fingerprint density at radius 2 is 2.00 bits per heavy atom. The molecule has 0 spiro atoms. The minimum atomic E-state index is -0.813. The van der Waals surface area contributed by atoms with Crippen molar-refractivity contribution in [1.82, 2.24) is 15.2 Å². The predicted octanol–water partition coefficient (Wildman–Crippen LogP) is 4.83. The normalized spacial score (nSPS) is 20.5. The number of hydrogen-bond acceptors (Lipinski definition) is 5. The molecule has 4 aromatic rings. The van der Waals surface area contributed by atoms with E-state index in [0.717, 1.165) is 32.5 Å². The number of benzene rings is 2. The summed E-state index contributed by atoms with van der Waals surface area (Å²) in [7, 11) is 1.63. The van der Waals surface area contributed by atoms with Crippen LogP contribution in [0, 0.1) is 16.7 Å². The van der Waals surface area contributed by atoms with E-state index in [-0.39, 0.29) is 11.9 Å². The second-order valence-corrected chi connectivity index (χ2v) is 9.27. The van der Waals surface area contributed by atoms with Gasteiger partial charge in [0.25, 0.3) is 0 Å². The fourth-order valence-electron chi connectivity index (χ4n) is 4.43. The summed E-state index contributed by atoms with van der Waals surface area (Å²) in [5, 5.41) is 23.9. The van der Waals surface area contributed by atoms with E-state index in [9.17, 15) is 10.1 Å². The molecule has 1 saturated heterocycles. The molecule has 3 heterocycles. The van der Waals surface area contributed by atoms with Gasteiger partial charge < -0.3 is 5.32 Å². The van der Waals surface area contributed by atoms with Gasteiger partial charge in [-0.15, -0.1) is 11.3 Å². The topological polar surface area (TPSA) is 92.9 Å². The van der Waals surface area contributed by atoms with E-state index in [0.29, 0.717) is 5.56 Å². The number of aromatic nitrogens is 1. The van der Waals surface area contributed by atoms with Crippen LogP contribution in [-0.2, 0) is 10.3 Å². The molecule has 162 valence electrons. The van der Waals surface area contributed by atoms with Gasteiger partial charge in [0.1, 0.15) is 0 Å². The molecule has 0 bridgehead atoms. The lowest BCUT2D eigenvalue weighted by molar-refractivity contribution is -0.131. The van der Waals surface area contributed by atoms with Crippen LogP contribution in [-0.4, -0.2) is 28.8 Å². The summed E-state index contributed by atoms with van der Waals surface area (Å²) in [6.07, 6.45) is 1.75. The average Bonchev–Trinajstić information content (AvgIpc) is 3.34. The Labute approximate surface area is 195 Å². The highest BCUT2D eigenvalue weighted by Crippen LogP contribution is 2.44. The van der Waals surface area contributed by atoms with Gasteiger partial charge in [0.2, 0.25) is 5.91 Å². The number of likely N-dealkylation sites (N-methyl/N-ethyl adjacent to an activating group) is 1. The van der Waals surface area contributed by atoms with E-state index in [1.165, 1.54) is 4.90 Å². The predicted molar refractivity (Wildman–Crippen MR) is 130 cm³/mol. The third-order valence-corrected chi connectivity index (χ3v) is 7.43. The third kappa shape index (κ3) is 3.45. The molecule has 2 atom stereocenters. The van der Waals surface area contributed by atoms with Crippen LogP contribution >= 0.6 is 11.3 Å². The number of fused-ring (bicyclic) bond motifs is 1. The maximum atomic E-state index is 13.5. The van der Waals surface area contributed by atoms with Crippen LogP contribution < -0.4 is 5.32 Å². The SMILES string of the molecule is CN1C(=N)N[C@](C)(c2cc(-c3cccc(C#N)c3)cs2)[C@H](c2ccc3ncccc3c2)C1=O. The summed E-state index contributed by atoms with van der Waals surface area (Å²) < 4.78 is 0. The van der Waals surface area contributed by atoms with Crippen molar-refractivity contribution < 1.29 is 4.79 Å². The highest BCUT2D eigenvalue weighted by atomic mass is 32.1. The number of nitriles is 1. The Morgan fingerprint density at radius 3 is 2.82 bits per heavy atom. The van der Waals surface area contributed by atoms with Gasteiger partial charge in [-0.05, 0) is 65.4 Å². The first-order valence-corrected chi connectivity index (χ1v) is 11.4. The monoisotopic (exact) mass is 451 g/mol. The zero-order chi connectivity index (χ0) is 23.2. The molecule has 1 fully saturated rings. The third-order valence-electron chi connectivity index (χ3n) is 6.27. The van der Waals surface area contributed by atoms with Gasteiger partial charge in [-0.2, -0.15) is 5.26 Å². The Kier molecular flexibility index (Phi) is 4.95. The lowest BCUT2D eigenvalue weighted by Gasteiger charge is -2.45. The highest BCUT2D eigenvalue weighted by Gasteiger charge is 2.49. The zero-order valence-electron chi connectivity index (χ0n) is 18.2. The first-order chi connectivity index (χ1) is 15.9. The molecule has 2 aromatic heterocycles. The molecule has 0 aliphatic carbocycles. The summed E-state index contributed by atoms with van der Waals surface area (Å²) in [4.78, 5) is 20.2. The molecule has 6 nitrogen and oxygen atoms in total. The van der Waals surface area contributed by atoms with Crippen molar-refractivity contribution in [1.29, 1.82) is 10.7 Å². The van der Waals surface area contributed by atoms with E-state index in [4.69, 9.17) is 5.41 Å². The Balaban J connectivity index is 1.63. The average molecular weight is 452 g/mol. The van der Waals surface area contributed by atoms with E-state index < -0.39 is 11.5 Å². The first kappa shape index (κ1) is 20.9. The van der Waals surface area contributed by atoms with E-state index in [1.807, 2.05) is 60.8 Å². The van der Waals surface area contributed by atoms with Gasteiger partial charge in [0.05, 0.1) is 28.6 Å². The maximum absolute atomic E-state index is 13.5. The van der Waals surface area contributed by atoms with Crippen molar-refractivity contribution in [3.05, 3.63) is 88.2 Å². The minimum absolute atomic E-state index is 0.0719. The van der Waals surface area contributed by atoms with Crippen LogP contribution in [0.5, 0.6) is 0 Å². The number of pyridine rings is 1. The maximum Gasteiger partial charge on any atom is 0.239 e. The summed E-state index contributed by atoms with van der Waals surface area (Å²) in [5.74, 6) is -0.591. The molecule has 2 aromatic carbocycles. The number of thiophene rings is 1. The van der Waals surface area contributed by atoms with Gasteiger partial charge >= 0.3 is 0 Å². The van der Waals surface area contributed by atoms with Gasteiger partial charge in [-0.1, -0.05) is 24.3 Å². The molecule has 33 heavy (non-hydrogen) atoms. The Morgan fingerprint density at radius 1 is 1.15 bits per heavy atom. The number of guanidine groups is 1. The standard InChI is InChI=1S/C26H21N5OS/c1-26(22-13-20(15-33-22)17-6-3-5-16(11-17)14-27)23(24(32)31(2)25(28)30-26)19-8-9-21-18(12-19)7-4-10-29-21/h3-13,15,23H,1-2H3,(H2,28,30)/t23-,26-/m1/s1. The Bertz CT molecular complexity index is 1450. The van der Waals surface area contributed by atoms with Crippen LogP contribution in [0.15, 0.2) is 72.2 Å². The molecule has 1 aliphatic rings. The molecular formula is C26H21N5OS. The van der Waals surface area contributed by atoms with Crippen LogP contribution in [0.1, 0.15) is 28.8 Å². The van der Waals surface area contributed by atoms with Crippen molar-refractivity contribution >= 4 is 34.1 Å². The molecule has 1 amide bonds. The van der Waals surface area contributed by atoms with Gasteiger partial charge in [-0.25, -0.2) is 0 Å². The number of nitrogens with zero attached hydrogens (tertiary/aromatic N) is 3. The lowest BCUT2D eigenvalue weighted by Crippen LogP contribution is -2.62. The molecule has 5 rings (SSSR count). The molecule has 2 N–H and O–H groups in total. The van der Waals surface area contributed by atoms with Gasteiger partial charge in [0.15, 0.2) is 5.96 Å². The number of carbonyl (C=O) groups is 1. The smallest absolute Gasteiger partial charge is 0.239 e. The number of carbonyl (C=O) groups excluding carboxylic acids is 1. The van der Waals surface area contributed by atoms with Crippen molar-refractivity contribution in [2.45, 2.75) is 18.4 Å². The van der Waals surface area contributed by atoms with Crippen LogP contribution in [0.25, 0.3) is 22.0 Å². The minimum Gasteiger partial charge on any atom is -0.345 e. The molecule has 0 saturated carbocycles. The second-order valence-electron chi connectivity index (χ2n) is 8.35. The van der Waals surface area contributed by atoms with Gasteiger partial charge in [-0.3, -0.25) is 20.1 Å². The highest BCUT2D eigenvalue weighted by molar-refractivity contribution is 7.10. The summed E-state index contributed by atoms with van der Waals surface area (Å²) in [6, 6.07) is 21.5. The molecule has 1 aliphatic heterocycles. The van der Waals surface area contributed by atoms with Crippen LogP contribution in [0.4, 0.5) is 0 Å². The number of rotatable bonds is 3. The van der Waals surface area contributed by atoms with Crippen molar-refractivity contribution in [3.8, 4) is 17.2 Å². The summed E-state index contributed by atoms with van der Waals surface area (Å²) in [6.45, 7) is 1.98. The van der Waals surface area contributed by atoms with Crippen molar-refractivity contribution in [2.24, 2.45) is 0 Å². The van der Waals surface area contributed by atoms with E-state index >= 15 is 0 Å². The molecule has 7 heteroatoms. The van der Waals surface area contributed by atoms with Crippen LogP contribution in [0.2, 0.25) is 0 Å². The van der Waals surface area contributed by atoms with E-state index in [2.05, 4.69) is 22.4 Å². The molecule has 0 unspecified atom stereocenters. The molecular weight excluding hydrogens is 430 g/mol. The Hall–Kier alpha value is -4.02. The van der Waals surface area contributed by atoms with Crippen molar-refractivity contribution in [2.75, 3.05) is 7.05 Å². The fourth-order valence-corrected chi connectivity index (χ4v) is 5.50. The van der Waals surface area contributed by atoms with E-state index in [1.54, 1.807) is 30.6 Å². The molecule has 0 radical (unpaired) electrons. The number of amides is 1. The lowest BCUT2D eigenvalue weighted by atomic mass is 9.76. The van der Waals surface area contributed by atoms with Gasteiger partial charge in [0, 0.05) is 23.5 Å². The van der Waals surface area contributed by atoms with Crippen LogP contribution in [0.3, 0.4) is 0 Å². The number of hydrogen-bond donors (Lipinski definition) is 2. The summed E-state index contributed by atoms with van der Waals surface area (Å²) in [5.41, 5.74) is 3.46. The summed E-state index contributed by atoms with van der Waals surface area (Å²) >= 11 is 1.55. The fraction of sp³-hybridized carbons (Fsp3) is 0.154. The van der Waals surface area contributed by atoms with Crippen molar-refractivity contribution in [3.63, 3.8) is 0 Å². The number of nitrogens with one attached hydrogen (secondary N) is 2. The second kappa shape index (κ2) is 7.84. The quantitative estimate of drug-likeness (QED) is 0.467.